The van der Waals surface area contributed by atoms with Gasteiger partial charge in [0.2, 0.25) is 0 Å². The van der Waals surface area contributed by atoms with E-state index in [1.807, 2.05) is 44.2 Å². The van der Waals surface area contributed by atoms with Gasteiger partial charge in [0, 0.05) is 5.54 Å². The Bertz CT molecular complexity index is 933. The minimum atomic E-state index is -0.419. The summed E-state index contributed by atoms with van der Waals surface area (Å²) in [5.74, 6) is -0.262. The van der Waals surface area contributed by atoms with Gasteiger partial charge in [-0.25, -0.2) is 4.68 Å². The number of aryl methyl sites for hydroxylation is 1. The fourth-order valence-corrected chi connectivity index (χ4v) is 3.05. The second-order valence-corrected chi connectivity index (χ2v) is 7.35. The zero-order valence-corrected chi connectivity index (χ0v) is 15.8. The van der Waals surface area contributed by atoms with Gasteiger partial charge in [-0.3, -0.25) is 4.79 Å². The van der Waals surface area contributed by atoms with Crippen LogP contribution in [-0.4, -0.2) is 26.4 Å². The van der Waals surface area contributed by atoms with Crippen LogP contribution in [0.3, 0.4) is 0 Å². The Labute approximate surface area is 158 Å². The standard InChI is InChI=1S/C20H21ClN4O/c1-14-8-4-5-9-15(14)12-20(2,3)22-19(26)17-13-25(24-23-17)18-11-7-6-10-16(18)21/h4-11,13H,12H2,1-3H3,(H,22,26). The maximum atomic E-state index is 12.6. The van der Waals surface area contributed by atoms with Crippen molar-refractivity contribution in [1.29, 1.82) is 0 Å². The highest BCUT2D eigenvalue weighted by atomic mass is 35.5. The molecular formula is C20H21ClN4O. The number of nitrogens with one attached hydrogen (secondary N) is 1. The normalized spacial score (nSPS) is 11.4. The first-order valence-electron chi connectivity index (χ1n) is 8.40. The van der Waals surface area contributed by atoms with Crippen LogP contribution in [0.4, 0.5) is 0 Å². The van der Waals surface area contributed by atoms with E-state index in [0.717, 1.165) is 6.42 Å². The summed E-state index contributed by atoms with van der Waals surface area (Å²) in [4.78, 5) is 12.6. The lowest BCUT2D eigenvalue weighted by atomic mass is 9.92. The molecule has 0 fully saturated rings. The maximum Gasteiger partial charge on any atom is 0.273 e. The van der Waals surface area contributed by atoms with E-state index in [1.54, 1.807) is 12.3 Å². The third-order valence-electron chi connectivity index (χ3n) is 4.17. The van der Waals surface area contributed by atoms with Crippen molar-refractivity contribution in [2.45, 2.75) is 32.7 Å². The molecule has 0 bridgehead atoms. The minimum absolute atomic E-state index is 0.253. The van der Waals surface area contributed by atoms with E-state index >= 15 is 0 Å². The Balaban J connectivity index is 1.74. The molecule has 0 aliphatic rings. The number of halogens is 1. The second-order valence-electron chi connectivity index (χ2n) is 6.94. The number of carbonyl (C=O) groups is 1. The fourth-order valence-electron chi connectivity index (χ4n) is 2.82. The zero-order valence-electron chi connectivity index (χ0n) is 15.0. The van der Waals surface area contributed by atoms with Gasteiger partial charge in [0.15, 0.2) is 5.69 Å². The highest BCUT2D eigenvalue weighted by Crippen LogP contribution is 2.19. The number of carbonyl (C=O) groups excluding carboxylic acids is 1. The van der Waals surface area contributed by atoms with Gasteiger partial charge < -0.3 is 5.32 Å². The van der Waals surface area contributed by atoms with E-state index in [0.29, 0.717) is 10.7 Å². The van der Waals surface area contributed by atoms with Crippen molar-refractivity contribution in [3.8, 4) is 5.69 Å². The Kier molecular flexibility index (Phi) is 5.09. The van der Waals surface area contributed by atoms with Crippen LogP contribution >= 0.6 is 11.6 Å². The summed E-state index contributed by atoms with van der Waals surface area (Å²) in [5, 5.41) is 11.6. The first kappa shape index (κ1) is 18.1. The van der Waals surface area contributed by atoms with Crippen LogP contribution in [0.5, 0.6) is 0 Å². The van der Waals surface area contributed by atoms with Crippen molar-refractivity contribution in [3.05, 3.63) is 76.6 Å². The van der Waals surface area contributed by atoms with E-state index in [-0.39, 0.29) is 11.6 Å². The first-order chi connectivity index (χ1) is 12.4. The number of para-hydroxylation sites is 1. The summed E-state index contributed by atoms with van der Waals surface area (Å²) >= 11 is 6.17. The van der Waals surface area contributed by atoms with Gasteiger partial charge in [-0.2, -0.15) is 0 Å². The number of benzene rings is 2. The van der Waals surface area contributed by atoms with Gasteiger partial charge in [0.1, 0.15) is 0 Å². The van der Waals surface area contributed by atoms with Crippen molar-refractivity contribution in [2.24, 2.45) is 0 Å². The number of amides is 1. The number of hydrogen-bond acceptors (Lipinski definition) is 3. The molecule has 134 valence electrons. The van der Waals surface area contributed by atoms with Gasteiger partial charge in [-0.15, -0.1) is 5.10 Å². The minimum Gasteiger partial charge on any atom is -0.345 e. The van der Waals surface area contributed by atoms with Crippen LogP contribution in [0.25, 0.3) is 5.69 Å². The average molecular weight is 369 g/mol. The maximum absolute atomic E-state index is 12.6. The first-order valence-corrected chi connectivity index (χ1v) is 8.78. The largest absolute Gasteiger partial charge is 0.345 e. The SMILES string of the molecule is Cc1ccccc1CC(C)(C)NC(=O)c1cn(-c2ccccc2Cl)nn1. The summed E-state index contributed by atoms with van der Waals surface area (Å²) in [6.07, 6.45) is 2.31. The smallest absolute Gasteiger partial charge is 0.273 e. The molecule has 0 radical (unpaired) electrons. The molecule has 1 N–H and O–H groups in total. The predicted octanol–water partition coefficient (Wildman–Crippen LogP) is 3.98. The molecule has 1 heterocycles. The van der Waals surface area contributed by atoms with E-state index in [2.05, 4.69) is 34.7 Å². The molecule has 26 heavy (non-hydrogen) atoms. The predicted molar refractivity (Wildman–Crippen MR) is 103 cm³/mol. The molecule has 2 aromatic carbocycles. The highest BCUT2D eigenvalue weighted by Gasteiger charge is 2.24. The molecule has 0 aliphatic heterocycles. The summed E-state index contributed by atoms with van der Waals surface area (Å²) in [5.41, 5.74) is 2.93. The van der Waals surface area contributed by atoms with E-state index in [4.69, 9.17) is 11.6 Å². The third kappa shape index (κ3) is 4.11. The van der Waals surface area contributed by atoms with Crippen molar-refractivity contribution in [3.63, 3.8) is 0 Å². The average Bonchev–Trinajstić information content (AvgIpc) is 3.07. The van der Waals surface area contributed by atoms with Crippen LogP contribution in [0.1, 0.15) is 35.5 Å². The van der Waals surface area contributed by atoms with E-state index in [9.17, 15) is 4.79 Å². The fraction of sp³-hybridized carbons (Fsp3) is 0.250. The Hall–Kier alpha value is -2.66. The van der Waals surface area contributed by atoms with Crippen LogP contribution in [-0.2, 0) is 6.42 Å². The van der Waals surface area contributed by atoms with Crippen LogP contribution in [0, 0.1) is 6.92 Å². The molecule has 5 nitrogen and oxygen atoms in total. The van der Waals surface area contributed by atoms with E-state index < -0.39 is 5.54 Å². The lowest BCUT2D eigenvalue weighted by molar-refractivity contribution is 0.0907. The van der Waals surface area contributed by atoms with Crippen molar-refractivity contribution < 1.29 is 4.79 Å². The molecule has 0 unspecified atom stereocenters. The van der Waals surface area contributed by atoms with Crippen molar-refractivity contribution in [1.82, 2.24) is 20.3 Å². The third-order valence-corrected chi connectivity index (χ3v) is 4.49. The van der Waals surface area contributed by atoms with Crippen LogP contribution in [0.2, 0.25) is 5.02 Å². The molecule has 0 saturated heterocycles. The van der Waals surface area contributed by atoms with Gasteiger partial charge in [0.25, 0.3) is 5.91 Å². The molecular weight excluding hydrogens is 348 g/mol. The second kappa shape index (κ2) is 7.30. The quantitative estimate of drug-likeness (QED) is 0.741. The Morgan fingerprint density at radius 2 is 1.85 bits per heavy atom. The summed E-state index contributed by atoms with van der Waals surface area (Å²) in [6.45, 7) is 6.06. The van der Waals surface area contributed by atoms with Gasteiger partial charge in [-0.05, 0) is 50.5 Å². The van der Waals surface area contributed by atoms with Crippen LogP contribution < -0.4 is 5.32 Å². The lowest BCUT2D eigenvalue weighted by Gasteiger charge is -2.26. The zero-order chi connectivity index (χ0) is 18.7. The molecule has 0 spiro atoms. The molecule has 1 aromatic heterocycles. The summed E-state index contributed by atoms with van der Waals surface area (Å²) in [7, 11) is 0. The van der Waals surface area contributed by atoms with Gasteiger partial charge in [0.05, 0.1) is 16.9 Å². The van der Waals surface area contributed by atoms with E-state index in [1.165, 1.54) is 15.8 Å². The number of nitrogens with zero attached hydrogens (tertiary/aromatic N) is 3. The lowest BCUT2D eigenvalue weighted by Crippen LogP contribution is -2.45. The topological polar surface area (TPSA) is 59.8 Å². The van der Waals surface area contributed by atoms with Crippen molar-refractivity contribution in [2.75, 3.05) is 0 Å². The summed E-state index contributed by atoms with van der Waals surface area (Å²) in [6, 6.07) is 15.5. The monoisotopic (exact) mass is 368 g/mol. The molecule has 3 rings (SSSR count). The molecule has 0 aliphatic carbocycles. The van der Waals surface area contributed by atoms with Gasteiger partial charge in [-0.1, -0.05) is 53.2 Å². The molecule has 0 atom stereocenters. The summed E-state index contributed by atoms with van der Waals surface area (Å²) < 4.78 is 1.51. The molecule has 0 saturated carbocycles. The molecule has 6 heteroatoms. The Morgan fingerprint density at radius 3 is 2.58 bits per heavy atom. The van der Waals surface area contributed by atoms with Gasteiger partial charge >= 0.3 is 0 Å². The van der Waals surface area contributed by atoms with Crippen LogP contribution in [0.15, 0.2) is 54.7 Å². The van der Waals surface area contributed by atoms with Crippen molar-refractivity contribution >= 4 is 17.5 Å². The molecule has 1 amide bonds. The Morgan fingerprint density at radius 1 is 1.15 bits per heavy atom. The number of aromatic nitrogens is 3. The molecule has 3 aromatic rings. The number of rotatable bonds is 5. The number of hydrogen-bond donors (Lipinski definition) is 1. The highest BCUT2D eigenvalue weighted by molar-refractivity contribution is 6.32.